The summed E-state index contributed by atoms with van der Waals surface area (Å²) in [6, 6.07) is 13.1. The number of hydrogen-bond donors (Lipinski definition) is 5. The van der Waals surface area contributed by atoms with Crippen LogP contribution in [0.2, 0.25) is 5.02 Å². The Bertz CT molecular complexity index is 1740. The first kappa shape index (κ1) is 31.2. The molecule has 2 aliphatic heterocycles. The van der Waals surface area contributed by atoms with Crippen LogP contribution in [0.25, 0.3) is 28.0 Å². The normalized spacial score (nSPS) is 20.6. The molecule has 12 heteroatoms. The van der Waals surface area contributed by atoms with Crippen molar-refractivity contribution in [3.63, 3.8) is 0 Å². The molecule has 10 nitrogen and oxygen atoms in total. The van der Waals surface area contributed by atoms with Gasteiger partial charge in [-0.3, -0.25) is 9.56 Å². The fourth-order valence-corrected chi connectivity index (χ4v) is 6.35. The summed E-state index contributed by atoms with van der Waals surface area (Å²) < 4.78 is 23.1. The maximum Gasteiger partial charge on any atom is 0.354 e. The lowest BCUT2D eigenvalue weighted by molar-refractivity contribution is -0.0608. The van der Waals surface area contributed by atoms with Crippen molar-refractivity contribution in [3.8, 4) is 16.9 Å². The third-order valence-corrected chi connectivity index (χ3v) is 8.70. The molecule has 6 rings (SSSR count). The maximum absolute atomic E-state index is 15.1. The fraction of sp³-hybridized carbons (Fsp3) is 0.424. The first-order valence-electron chi connectivity index (χ1n) is 15.6. The molecule has 4 atom stereocenters. The van der Waals surface area contributed by atoms with E-state index in [1.165, 1.54) is 4.57 Å². The van der Waals surface area contributed by atoms with Crippen LogP contribution in [0.3, 0.4) is 0 Å². The van der Waals surface area contributed by atoms with Crippen molar-refractivity contribution in [3.05, 3.63) is 81.1 Å². The van der Waals surface area contributed by atoms with Crippen LogP contribution < -0.4 is 27.8 Å². The van der Waals surface area contributed by atoms with Gasteiger partial charge in [-0.05, 0) is 86.9 Å². The number of ether oxygens (including phenoxy) is 1. The summed E-state index contributed by atoms with van der Waals surface area (Å²) >= 11 is 6.26. The highest BCUT2D eigenvalue weighted by molar-refractivity contribution is 6.31. The summed E-state index contributed by atoms with van der Waals surface area (Å²) in [6.45, 7) is 4.39. The quantitative estimate of drug-likeness (QED) is 0.174. The lowest BCUT2D eigenvalue weighted by Crippen LogP contribution is -2.40. The molecule has 0 amide bonds. The van der Waals surface area contributed by atoms with Gasteiger partial charge in [-0.2, -0.15) is 4.98 Å². The largest absolute Gasteiger partial charge is 0.370 e. The lowest BCUT2D eigenvalue weighted by atomic mass is 9.93. The third kappa shape index (κ3) is 7.38. The second-order valence-electron chi connectivity index (χ2n) is 12.1. The molecule has 45 heavy (non-hydrogen) atoms. The number of nitrogens with two attached hydrogens (primary N) is 2. The molecule has 0 spiro atoms. The molecule has 0 saturated carbocycles. The molecule has 0 bridgehead atoms. The average Bonchev–Trinajstić information content (AvgIpc) is 3.68. The number of benzene rings is 2. The Hall–Kier alpha value is -3.77. The van der Waals surface area contributed by atoms with Gasteiger partial charge in [0.05, 0.1) is 35.2 Å². The number of halogens is 2. The number of nitrogens with zero attached hydrogens (tertiary/aromatic N) is 3. The van der Waals surface area contributed by atoms with Crippen LogP contribution in [-0.2, 0) is 11.2 Å². The van der Waals surface area contributed by atoms with Gasteiger partial charge in [-0.1, -0.05) is 23.7 Å². The predicted molar refractivity (Wildman–Crippen MR) is 176 cm³/mol. The van der Waals surface area contributed by atoms with E-state index in [4.69, 9.17) is 27.8 Å². The van der Waals surface area contributed by atoms with Crippen LogP contribution in [-0.4, -0.2) is 58.3 Å². The zero-order valence-corrected chi connectivity index (χ0v) is 26.1. The minimum atomic E-state index is -0.520. The monoisotopic (exact) mass is 634 g/mol. The van der Waals surface area contributed by atoms with Gasteiger partial charge < -0.3 is 31.8 Å². The minimum absolute atomic E-state index is 0.0417. The topological polar surface area (TPSA) is 148 Å². The lowest BCUT2D eigenvalue weighted by Gasteiger charge is -2.34. The van der Waals surface area contributed by atoms with E-state index in [1.807, 2.05) is 31.2 Å². The summed E-state index contributed by atoms with van der Waals surface area (Å²) in [7, 11) is 0. The van der Waals surface area contributed by atoms with E-state index in [-0.39, 0.29) is 29.3 Å². The second-order valence-corrected chi connectivity index (χ2v) is 12.5. The summed E-state index contributed by atoms with van der Waals surface area (Å²) in [4.78, 5) is 24.8. The second kappa shape index (κ2) is 13.7. The highest BCUT2D eigenvalue weighted by Gasteiger charge is 2.28. The number of aromatic amines is 1. The van der Waals surface area contributed by atoms with Gasteiger partial charge in [0.1, 0.15) is 5.65 Å². The maximum atomic E-state index is 15.1. The van der Waals surface area contributed by atoms with Gasteiger partial charge >= 0.3 is 5.69 Å². The van der Waals surface area contributed by atoms with E-state index in [9.17, 15) is 4.79 Å². The molecular formula is C33H40ClFN8O2. The number of hydrogen-bond acceptors (Lipinski definition) is 8. The molecule has 1 unspecified atom stereocenters. The smallest absolute Gasteiger partial charge is 0.354 e. The van der Waals surface area contributed by atoms with E-state index in [2.05, 4.69) is 25.6 Å². The fourth-order valence-electron chi connectivity index (χ4n) is 6.11. The summed E-state index contributed by atoms with van der Waals surface area (Å²) in [5, 5.41) is 7.26. The number of aliphatic imine (C=N–C) groups is 1. The van der Waals surface area contributed by atoms with E-state index >= 15 is 4.39 Å². The summed E-state index contributed by atoms with van der Waals surface area (Å²) in [5.74, 6) is 0.323. The Kier molecular flexibility index (Phi) is 9.50. The molecule has 2 aromatic heterocycles. The Morgan fingerprint density at radius 1 is 1.22 bits per heavy atom. The number of H-pyrrole nitrogens is 1. The highest BCUT2D eigenvalue weighted by Crippen LogP contribution is 2.33. The van der Waals surface area contributed by atoms with Gasteiger partial charge in [-0.15, -0.1) is 0 Å². The van der Waals surface area contributed by atoms with Gasteiger partial charge in [0.15, 0.2) is 11.8 Å². The SMILES string of the molecule is C[C@H](N)CCCc1cc(Cl)c(F)c(-c2cc3cn(-c4ccc([C@H]5CC(N)C[C@H](CCNC6=NCCN6)O5)cc4)c(=O)nc3[nH]2)c1. The van der Waals surface area contributed by atoms with Crippen LogP contribution in [0.4, 0.5) is 4.39 Å². The molecular weight excluding hydrogens is 595 g/mol. The molecule has 7 N–H and O–H groups in total. The summed E-state index contributed by atoms with van der Waals surface area (Å²) in [5.41, 5.74) is 15.7. The van der Waals surface area contributed by atoms with Crippen molar-refractivity contribution in [2.24, 2.45) is 16.5 Å². The Balaban J connectivity index is 1.18. The van der Waals surface area contributed by atoms with Gasteiger partial charge in [0, 0.05) is 42.3 Å². The molecule has 1 saturated heterocycles. The minimum Gasteiger partial charge on any atom is -0.370 e. The Morgan fingerprint density at radius 2 is 2.04 bits per heavy atom. The van der Waals surface area contributed by atoms with Gasteiger partial charge in [0.2, 0.25) is 0 Å². The van der Waals surface area contributed by atoms with Crippen LogP contribution in [0.15, 0.2) is 58.4 Å². The van der Waals surface area contributed by atoms with E-state index < -0.39 is 11.5 Å². The van der Waals surface area contributed by atoms with Crippen LogP contribution in [0.5, 0.6) is 0 Å². The molecule has 2 aliphatic rings. The third-order valence-electron chi connectivity index (χ3n) is 8.43. The van der Waals surface area contributed by atoms with Crippen molar-refractivity contribution in [1.29, 1.82) is 0 Å². The van der Waals surface area contributed by atoms with Crippen LogP contribution >= 0.6 is 11.6 Å². The van der Waals surface area contributed by atoms with Crippen molar-refractivity contribution >= 4 is 28.6 Å². The molecule has 1 fully saturated rings. The number of aryl methyl sites for hydroxylation is 1. The Labute approximate surface area is 266 Å². The predicted octanol–water partition coefficient (Wildman–Crippen LogP) is 4.33. The molecule has 4 aromatic rings. The van der Waals surface area contributed by atoms with Crippen molar-refractivity contribution < 1.29 is 9.13 Å². The van der Waals surface area contributed by atoms with Gasteiger partial charge in [0.25, 0.3) is 0 Å². The van der Waals surface area contributed by atoms with Crippen molar-refractivity contribution in [2.75, 3.05) is 19.6 Å². The van der Waals surface area contributed by atoms with Gasteiger partial charge in [-0.25, -0.2) is 9.18 Å². The zero-order valence-electron chi connectivity index (χ0n) is 25.4. The van der Waals surface area contributed by atoms with E-state index in [1.54, 1.807) is 24.4 Å². The Morgan fingerprint density at radius 3 is 2.80 bits per heavy atom. The summed E-state index contributed by atoms with van der Waals surface area (Å²) in [6.07, 6.45) is 6.46. The number of nitrogens with one attached hydrogen (secondary N) is 3. The zero-order chi connectivity index (χ0) is 31.5. The first-order chi connectivity index (χ1) is 21.7. The highest BCUT2D eigenvalue weighted by atomic mass is 35.5. The number of guanidine groups is 1. The first-order valence-corrected chi connectivity index (χ1v) is 16.0. The number of rotatable bonds is 10. The van der Waals surface area contributed by atoms with Crippen LogP contribution in [0.1, 0.15) is 56.3 Å². The van der Waals surface area contributed by atoms with Crippen molar-refractivity contribution in [1.82, 2.24) is 25.2 Å². The number of aromatic nitrogens is 3. The van der Waals surface area contributed by atoms with Crippen LogP contribution in [0, 0.1) is 5.82 Å². The average molecular weight is 635 g/mol. The van der Waals surface area contributed by atoms with E-state index in [0.717, 1.165) is 75.2 Å². The molecule has 2 aromatic carbocycles. The molecule has 0 aliphatic carbocycles. The van der Waals surface area contributed by atoms with Crippen molar-refractivity contribution in [2.45, 2.75) is 69.7 Å². The molecule has 0 radical (unpaired) electrons. The standard InChI is InChI=1S/C33H40ClFN8O2/c1-19(36)3-2-4-20-13-26(30(35)27(34)14-20)28-15-22-18-43(33(44)42-31(22)41-28)24-7-5-21(6-8-24)29-17-23(37)16-25(45-29)9-10-38-32-39-11-12-40-32/h5-8,13-15,18-19,23,25,29H,2-4,9-12,16-17,36-37H2,1H3,(H2,38,39,40)(H,41,42,44)/t19-,23?,25-,29+/m0/s1. The molecule has 238 valence electrons. The van der Waals surface area contributed by atoms with E-state index in [0.29, 0.717) is 28.0 Å². The molecule has 4 heterocycles. The number of fused-ring (bicyclic) bond motifs is 1.